The zero-order valence-corrected chi connectivity index (χ0v) is 11.6. The Kier molecular flexibility index (Phi) is 3.62. The van der Waals surface area contributed by atoms with Crippen molar-refractivity contribution in [2.24, 2.45) is 0 Å². The van der Waals surface area contributed by atoms with E-state index in [9.17, 15) is 0 Å². The van der Waals surface area contributed by atoms with Crippen LogP contribution in [0.2, 0.25) is 0 Å². The number of hydrogen-bond acceptors (Lipinski definition) is 2. The van der Waals surface area contributed by atoms with Crippen molar-refractivity contribution in [3.05, 3.63) is 36.0 Å². The lowest BCUT2D eigenvalue weighted by atomic mass is 10.1. The molecule has 18 heavy (non-hydrogen) atoms. The Hall–Kier alpha value is -0.930. The molecule has 0 aliphatic heterocycles. The van der Waals surface area contributed by atoms with Crippen LogP contribution in [0.4, 0.5) is 0 Å². The molecule has 2 N–H and O–H groups in total. The predicted molar refractivity (Wildman–Crippen MR) is 80.1 cm³/mol. The van der Waals surface area contributed by atoms with Crippen molar-refractivity contribution in [2.45, 2.75) is 37.1 Å². The fourth-order valence-electron chi connectivity index (χ4n) is 2.90. The Bertz CT molecular complexity index is 520. The molecule has 0 amide bonds. The average molecular weight is 260 g/mol. The van der Waals surface area contributed by atoms with Gasteiger partial charge in [0.05, 0.1) is 0 Å². The summed E-state index contributed by atoms with van der Waals surface area (Å²) in [4.78, 5) is 3.24. The van der Waals surface area contributed by atoms with Crippen LogP contribution in [0.3, 0.4) is 0 Å². The van der Waals surface area contributed by atoms with Crippen LogP contribution >= 0.6 is 11.8 Å². The van der Waals surface area contributed by atoms with Gasteiger partial charge >= 0.3 is 0 Å². The predicted octanol–water partition coefficient (Wildman–Crippen LogP) is 3.54. The normalized spacial score (nSPS) is 23.8. The number of fused-ring (bicyclic) bond motifs is 1. The molecule has 3 rings (SSSR count). The van der Waals surface area contributed by atoms with Crippen molar-refractivity contribution < 1.29 is 0 Å². The summed E-state index contributed by atoms with van der Waals surface area (Å²) < 4.78 is 0. The molecule has 96 valence electrons. The molecule has 2 atom stereocenters. The van der Waals surface area contributed by atoms with Gasteiger partial charge in [-0.15, -0.1) is 0 Å². The first-order valence-corrected chi connectivity index (χ1v) is 7.98. The van der Waals surface area contributed by atoms with Gasteiger partial charge in [-0.1, -0.05) is 12.5 Å². The Morgan fingerprint density at radius 3 is 3.17 bits per heavy atom. The largest absolute Gasteiger partial charge is 0.361 e. The summed E-state index contributed by atoms with van der Waals surface area (Å²) in [6.45, 7) is 0.989. The highest BCUT2D eigenvalue weighted by Crippen LogP contribution is 2.28. The summed E-state index contributed by atoms with van der Waals surface area (Å²) in [5.74, 6) is 0. The molecule has 2 aromatic rings. The zero-order valence-electron chi connectivity index (χ0n) is 10.8. The number of nitrogens with one attached hydrogen (secondary N) is 2. The first-order chi connectivity index (χ1) is 8.86. The van der Waals surface area contributed by atoms with Crippen molar-refractivity contribution in [2.75, 3.05) is 6.26 Å². The number of benzene rings is 1. The zero-order chi connectivity index (χ0) is 12.4. The van der Waals surface area contributed by atoms with E-state index in [0.29, 0.717) is 6.04 Å². The van der Waals surface area contributed by atoms with Crippen LogP contribution in [0.5, 0.6) is 0 Å². The van der Waals surface area contributed by atoms with Gasteiger partial charge in [-0.05, 0) is 48.2 Å². The van der Waals surface area contributed by atoms with Gasteiger partial charge in [0.25, 0.3) is 0 Å². The molecule has 1 fully saturated rings. The van der Waals surface area contributed by atoms with E-state index >= 15 is 0 Å². The molecule has 1 saturated carbocycles. The molecule has 0 saturated heterocycles. The third-order valence-corrected chi connectivity index (χ3v) is 5.11. The second kappa shape index (κ2) is 5.37. The maximum atomic E-state index is 3.72. The van der Waals surface area contributed by atoms with Crippen LogP contribution in [0.15, 0.2) is 30.5 Å². The van der Waals surface area contributed by atoms with Gasteiger partial charge in [0.1, 0.15) is 0 Å². The Morgan fingerprint density at radius 2 is 2.28 bits per heavy atom. The van der Waals surface area contributed by atoms with E-state index in [1.165, 1.54) is 35.7 Å². The summed E-state index contributed by atoms with van der Waals surface area (Å²) in [5.41, 5.74) is 2.61. The Balaban J connectivity index is 1.65. The van der Waals surface area contributed by atoms with Crippen LogP contribution < -0.4 is 5.32 Å². The number of rotatable bonds is 4. The van der Waals surface area contributed by atoms with Crippen molar-refractivity contribution in [3.8, 4) is 0 Å². The molecule has 1 aromatic heterocycles. The monoisotopic (exact) mass is 260 g/mol. The van der Waals surface area contributed by atoms with E-state index in [1.807, 2.05) is 18.0 Å². The minimum Gasteiger partial charge on any atom is -0.361 e. The van der Waals surface area contributed by atoms with Gasteiger partial charge in [-0.2, -0.15) is 11.8 Å². The van der Waals surface area contributed by atoms with Gasteiger partial charge < -0.3 is 10.3 Å². The molecule has 2 nitrogen and oxygen atoms in total. The molecule has 0 radical (unpaired) electrons. The van der Waals surface area contributed by atoms with Crippen molar-refractivity contribution >= 4 is 22.7 Å². The number of thioether (sulfide) groups is 1. The second-order valence-electron chi connectivity index (χ2n) is 5.09. The summed E-state index contributed by atoms with van der Waals surface area (Å²) >= 11 is 2.01. The summed E-state index contributed by atoms with van der Waals surface area (Å²) in [5, 5.41) is 5.84. The van der Waals surface area contributed by atoms with Crippen LogP contribution in [-0.4, -0.2) is 22.5 Å². The van der Waals surface area contributed by atoms with Crippen molar-refractivity contribution in [3.63, 3.8) is 0 Å². The quantitative estimate of drug-likeness (QED) is 0.880. The van der Waals surface area contributed by atoms with E-state index < -0.39 is 0 Å². The smallest absolute Gasteiger partial charge is 0.0454 e. The molecular formula is C15H20N2S. The highest BCUT2D eigenvalue weighted by Gasteiger charge is 2.25. The molecule has 0 bridgehead atoms. The van der Waals surface area contributed by atoms with Gasteiger partial charge in [-0.25, -0.2) is 0 Å². The van der Waals surface area contributed by atoms with Crippen molar-refractivity contribution in [1.82, 2.24) is 10.3 Å². The molecule has 1 aliphatic carbocycles. The molecule has 1 aromatic carbocycles. The average Bonchev–Trinajstić information content (AvgIpc) is 3.04. The maximum Gasteiger partial charge on any atom is 0.0454 e. The minimum atomic E-state index is 0.696. The van der Waals surface area contributed by atoms with Gasteiger partial charge in [0.2, 0.25) is 0 Å². The molecule has 1 aliphatic rings. The van der Waals surface area contributed by atoms with Gasteiger partial charge in [0, 0.05) is 29.6 Å². The first-order valence-electron chi connectivity index (χ1n) is 6.69. The fraction of sp³-hybridized carbons (Fsp3) is 0.467. The van der Waals surface area contributed by atoms with Crippen molar-refractivity contribution in [1.29, 1.82) is 0 Å². The van der Waals surface area contributed by atoms with E-state index in [0.717, 1.165) is 11.8 Å². The topological polar surface area (TPSA) is 27.8 Å². The molecule has 3 heteroatoms. The van der Waals surface area contributed by atoms with E-state index in [4.69, 9.17) is 0 Å². The second-order valence-corrected chi connectivity index (χ2v) is 6.17. The number of hydrogen-bond donors (Lipinski definition) is 2. The number of aromatic nitrogens is 1. The lowest BCUT2D eigenvalue weighted by molar-refractivity contribution is 0.532. The number of H-pyrrole nitrogens is 1. The first kappa shape index (κ1) is 12.1. The van der Waals surface area contributed by atoms with Crippen LogP contribution in [0.25, 0.3) is 10.9 Å². The molecular weight excluding hydrogens is 240 g/mol. The maximum absolute atomic E-state index is 3.72. The molecule has 1 heterocycles. The third kappa shape index (κ3) is 2.43. The molecule has 0 spiro atoms. The third-order valence-electron chi connectivity index (χ3n) is 3.94. The lowest BCUT2D eigenvalue weighted by Gasteiger charge is -2.19. The number of aromatic amines is 1. The highest BCUT2D eigenvalue weighted by molar-refractivity contribution is 7.99. The van der Waals surface area contributed by atoms with Gasteiger partial charge in [-0.3, -0.25) is 0 Å². The van der Waals surface area contributed by atoms with E-state index in [2.05, 4.69) is 40.8 Å². The summed E-state index contributed by atoms with van der Waals surface area (Å²) in [6.07, 6.45) is 8.31. The SMILES string of the molecule is CSC1CCCC1NCc1ccc2[nH]ccc2c1. The van der Waals surface area contributed by atoms with E-state index in [1.54, 1.807) is 0 Å². The van der Waals surface area contributed by atoms with E-state index in [-0.39, 0.29) is 0 Å². The summed E-state index contributed by atoms with van der Waals surface area (Å²) in [7, 11) is 0. The Morgan fingerprint density at radius 1 is 1.33 bits per heavy atom. The van der Waals surface area contributed by atoms with Gasteiger partial charge in [0.15, 0.2) is 0 Å². The highest BCUT2D eigenvalue weighted by atomic mass is 32.2. The lowest BCUT2D eigenvalue weighted by Crippen LogP contribution is -2.33. The van der Waals surface area contributed by atoms with Crippen LogP contribution in [-0.2, 0) is 6.54 Å². The summed E-state index contributed by atoms with van der Waals surface area (Å²) in [6, 6.07) is 9.50. The molecule has 2 unspecified atom stereocenters. The fourth-order valence-corrected chi connectivity index (χ4v) is 3.87. The Labute approximate surface area is 113 Å². The van der Waals surface area contributed by atoms with Crippen LogP contribution in [0, 0.1) is 0 Å². The standard InChI is InChI=1S/C15H20N2S/c1-18-15-4-2-3-14(15)17-10-11-5-6-13-12(9-11)7-8-16-13/h5-9,14-17H,2-4,10H2,1H3. The minimum absolute atomic E-state index is 0.696. The van der Waals surface area contributed by atoms with Crippen LogP contribution in [0.1, 0.15) is 24.8 Å².